The van der Waals surface area contributed by atoms with Gasteiger partial charge in [0.25, 0.3) is 0 Å². The van der Waals surface area contributed by atoms with Crippen molar-refractivity contribution in [3.63, 3.8) is 0 Å². The smallest absolute Gasteiger partial charge is 0.225 e. The van der Waals surface area contributed by atoms with Gasteiger partial charge in [0.05, 0.1) is 14.2 Å². The van der Waals surface area contributed by atoms with E-state index in [0.717, 1.165) is 28.8 Å². The summed E-state index contributed by atoms with van der Waals surface area (Å²) in [7, 11) is 3.19. The van der Waals surface area contributed by atoms with Gasteiger partial charge in [-0.2, -0.15) is 0 Å². The lowest BCUT2D eigenvalue weighted by Gasteiger charge is -2.35. The van der Waals surface area contributed by atoms with Gasteiger partial charge in [0.15, 0.2) is 5.78 Å². The van der Waals surface area contributed by atoms with Crippen LogP contribution in [0.5, 0.6) is 11.5 Å². The summed E-state index contributed by atoms with van der Waals surface area (Å²) >= 11 is 0. The largest absolute Gasteiger partial charge is 0.497 e. The fourth-order valence-corrected chi connectivity index (χ4v) is 4.59. The number of carbonyl (C=O) groups is 2. The maximum absolute atomic E-state index is 13.3. The maximum atomic E-state index is 13.3. The summed E-state index contributed by atoms with van der Waals surface area (Å²) in [5.41, 5.74) is 4.75. The molecule has 1 heterocycles. The van der Waals surface area contributed by atoms with Gasteiger partial charge in [-0.3, -0.25) is 9.59 Å². The Bertz CT molecular complexity index is 1010. The minimum Gasteiger partial charge on any atom is -0.497 e. The highest BCUT2D eigenvalue weighted by molar-refractivity contribution is 6.02. The van der Waals surface area contributed by atoms with Gasteiger partial charge in [-0.1, -0.05) is 37.3 Å². The van der Waals surface area contributed by atoms with E-state index >= 15 is 0 Å². The molecule has 5 heteroatoms. The first kappa shape index (κ1) is 20.2. The lowest BCUT2D eigenvalue weighted by atomic mass is 9.73. The lowest BCUT2D eigenvalue weighted by Crippen LogP contribution is -2.38. The molecule has 0 aromatic heterocycles. The van der Waals surface area contributed by atoms with Crippen LogP contribution < -0.4 is 14.8 Å². The number of benzene rings is 2. The lowest BCUT2D eigenvalue weighted by molar-refractivity contribution is -0.122. The number of carbonyl (C=O) groups excluding carboxylic acids is 2. The number of ether oxygens (including phenoxy) is 2. The van der Waals surface area contributed by atoms with Crippen molar-refractivity contribution in [1.82, 2.24) is 5.32 Å². The van der Waals surface area contributed by atoms with Crippen LogP contribution in [0, 0.1) is 0 Å². The summed E-state index contributed by atoms with van der Waals surface area (Å²) in [4.78, 5) is 25.8. The normalized spacial score (nSPS) is 21.2. The summed E-state index contributed by atoms with van der Waals surface area (Å²) < 4.78 is 10.8. The third-order valence-electron chi connectivity index (χ3n) is 6.21. The first-order valence-corrected chi connectivity index (χ1v) is 10.4. The van der Waals surface area contributed by atoms with Gasteiger partial charge in [0.2, 0.25) is 5.91 Å². The summed E-state index contributed by atoms with van der Waals surface area (Å²) in [6.45, 7) is 2.13. The molecule has 1 N–H and O–H groups in total. The number of hydrogen-bond acceptors (Lipinski definition) is 4. The van der Waals surface area contributed by atoms with Gasteiger partial charge < -0.3 is 14.8 Å². The SMILES string of the molecule is CCc1ccc(C2CC(=O)C3=C(C2)NC(=O)CC3c2ccc(OC)cc2OC)cc1. The Balaban J connectivity index is 1.70. The molecular weight excluding hydrogens is 378 g/mol. The summed E-state index contributed by atoms with van der Waals surface area (Å²) in [5.74, 6) is 1.13. The van der Waals surface area contributed by atoms with Crippen molar-refractivity contribution in [2.45, 2.75) is 44.4 Å². The molecule has 2 unspecified atom stereocenters. The van der Waals surface area contributed by atoms with Gasteiger partial charge in [0, 0.05) is 41.7 Å². The molecule has 0 radical (unpaired) electrons. The third-order valence-corrected chi connectivity index (χ3v) is 6.21. The van der Waals surface area contributed by atoms with Crippen LogP contribution in [0.1, 0.15) is 54.7 Å². The van der Waals surface area contributed by atoms with Crippen molar-refractivity contribution in [3.05, 3.63) is 70.4 Å². The highest BCUT2D eigenvalue weighted by Crippen LogP contribution is 2.45. The van der Waals surface area contributed by atoms with Gasteiger partial charge in [-0.25, -0.2) is 0 Å². The van der Waals surface area contributed by atoms with E-state index < -0.39 is 0 Å². The second kappa shape index (κ2) is 8.34. The minimum atomic E-state index is -0.300. The van der Waals surface area contributed by atoms with Crippen LogP contribution in [-0.4, -0.2) is 25.9 Å². The predicted octanol–water partition coefficient (Wildman–Crippen LogP) is 4.27. The van der Waals surface area contributed by atoms with E-state index in [1.807, 2.05) is 12.1 Å². The number of amides is 1. The molecule has 2 aliphatic rings. The molecular formula is C25H27NO4. The van der Waals surface area contributed by atoms with E-state index in [4.69, 9.17) is 9.47 Å². The van der Waals surface area contributed by atoms with Crippen molar-refractivity contribution in [2.75, 3.05) is 14.2 Å². The van der Waals surface area contributed by atoms with Crippen LogP contribution in [0.2, 0.25) is 0 Å². The molecule has 156 valence electrons. The molecule has 2 aromatic carbocycles. The van der Waals surface area contributed by atoms with Gasteiger partial charge in [0.1, 0.15) is 11.5 Å². The second-order valence-corrected chi connectivity index (χ2v) is 7.93. The molecule has 1 aliphatic carbocycles. The van der Waals surface area contributed by atoms with Gasteiger partial charge in [-0.05, 0) is 36.0 Å². The quantitative estimate of drug-likeness (QED) is 0.807. The summed E-state index contributed by atoms with van der Waals surface area (Å²) in [6.07, 6.45) is 2.34. The van der Waals surface area contributed by atoms with Crippen molar-refractivity contribution < 1.29 is 19.1 Å². The molecule has 0 saturated carbocycles. The zero-order valence-corrected chi connectivity index (χ0v) is 17.7. The molecule has 2 aromatic rings. The van der Waals surface area contributed by atoms with Crippen LogP contribution >= 0.6 is 0 Å². The Hall–Kier alpha value is -3.08. The molecule has 1 aliphatic heterocycles. The first-order chi connectivity index (χ1) is 14.5. The Kier molecular flexibility index (Phi) is 5.62. The number of methoxy groups -OCH3 is 2. The molecule has 30 heavy (non-hydrogen) atoms. The molecule has 4 rings (SSSR count). The van der Waals surface area contributed by atoms with E-state index in [0.29, 0.717) is 24.3 Å². The number of hydrogen-bond donors (Lipinski definition) is 1. The molecule has 5 nitrogen and oxygen atoms in total. The Morgan fingerprint density at radius 1 is 0.967 bits per heavy atom. The van der Waals surface area contributed by atoms with Crippen molar-refractivity contribution in [3.8, 4) is 11.5 Å². The van der Waals surface area contributed by atoms with Crippen LogP contribution in [0.4, 0.5) is 0 Å². The van der Waals surface area contributed by atoms with Crippen molar-refractivity contribution in [2.24, 2.45) is 0 Å². The van der Waals surface area contributed by atoms with E-state index in [1.54, 1.807) is 20.3 Å². The number of ketones is 1. The number of aryl methyl sites for hydroxylation is 1. The zero-order valence-electron chi connectivity index (χ0n) is 17.7. The topological polar surface area (TPSA) is 64.6 Å². The highest BCUT2D eigenvalue weighted by atomic mass is 16.5. The second-order valence-electron chi connectivity index (χ2n) is 7.93. The van der Waals surface area contributed by atoms with Gasteiger partial charge in [-0.15, -0.1) is 0 Å². The minimum absolute atomic E-state index is 0.0635. The maximum Gasteiger partial charge on any atom is 0.225 e. The van der Waals surface area contributed by atoms with E-state index in [9.17, 15) is 9.59 Å². The van der Waals surface area contributed by atoms with E-state index in [-0.39, 0.29) is 29.9 Å². The average Bonchev–Trinajstić information content (AvgIpc) is 2.77. The number of nitrogens with one attached hydrogen (secondary N) is 1. The fourth-order valence-electron chi connectivity index (χ4n) is 4.59. The van der Waals surface area contributed by atoms with Crippen LogP contribution in [0.3, 0.4) is 0 Å². The van der Waals surface area contributed by atoms with E-state index in [2.05, 4.69) is 36.5 Å². The highest BCUT2D eigenvalue weighted by Gasteiger charge is 2.39. The zero-order chi connectivity index (χ0) is 21.3. The molecule has 2 atom stereocenters. The summed E-state index contributed by atoms with van der Waals surface area (Å²) in [5, 5.41) is 2.99. The Labute approximate surface area is 177 Å². The predicted molar refractivity (Wildman–Crippen MR) is 115 cm³/mol. The van der Waals surface area contributed by atoms with Crippen LogP contribution in [0.25, 0.3) is 0 Å². The van der Waals surface area contributed by atoms with Crippen LogP contribution in [-0.2, 0) is 16.0 Å². The standard InChI is InChI=1S/C25H27NO4/c1-4-15-5-7-16(8-6-15)17-11-21-25(22(27)12-17)20(14-24(28)26-21)19-10-9-18(29-2)13-23(19)30-3/h5-10,13,17,20H,4,11-12,14H2,1-3H3,(H,26,28). The van der Waals surface area contributed by atoms with Crippen LogP contribution in [0.15, 0.2) is 53.7 Å². The molecule has 0 spiro atoms. The Morgan fingerprint density at radius 2 is 1.73 bits per heavy atom. The molecule has 0 saturated heterocycles. The third kappa shape index (κ3) is 3.72. The number of rotatable bonds is 5. The fraction of sp³-hybridized carbons (Fsp3) is 0.360. The number of Topliss-reactive ketones (excluding diaryl/α,β-unsaturated/α-hetero) is 1. The molecule has 0 fully saturated rings. The first-order valence-electron chi connectivity index (χ1n) is 10.4. The number of allylic oxidation sites excluding steroid dienone is 2. The molecule has 1 amide bonds. The van der Waals surface area contributed by atoms with Crippen molar-refractivity contribution in [1.29, 1.82) is 0 Å². The van der Waals surface area contributed by atoms with Crippen molar-refractivity contribution >= 4 is 11.7 Å². The summed E-state index contributed by atoms with van der Waals surface area (Å²) in [6, 6.07) is 14.0. The average molecular weight is 405 g/mol. The Morgan fingerprint density at radius 3 is 2.40 bits per heavy atom. The van der Waals surface area contributed by atoms with E-state index in [1.165, 1.54) is 5.56 Å². The monoisotopic (exact) mass is 405 g/mol. The molecule has 0 bridgehead atoms. The van der Waals surface area contributed by atoms with Gasteiger partial charge >= 0.3 is 0 Å².